The molecule has 2 nitrogen and oxygen atoms in total. The fourth-order valence-electron chi connectivity index (χ4n) is 2.14. The third-order valence-corrected chi connectivity index (χ3v) is 3.63. The van der Waals surface area contributed by atoms with E-state index in [2.05, 4.69) is 37.8 Å². The molecule has 2 heteroatoms. The molecule has 0 saturated heterocycles. The lowest BCUT2D eigenvalue weighted by molar-refractivity contribution is 0.243. The van der Waals surface area contributed by atoms with Gasteiger partial charge < -0.3 is 10.6 Å². The summed E-state index contributed by atoms with van der Waals surface area (Å²) in [6, 6.07) is 8.26. The summed E-state index contributed by atoms with van der Waals surface area (Å²) in [6.07, 6.45) is 3.65. The zero-order valence-electron chi connectivity index (χ0n) is 12.2. The topological polar surface area (TPSA) is 29.3 Å². The first kappa shape index (κ1) is 15.0. The molecule has 1 aromatic rings. The Hall–Kier alpha value is -1.02. The number of anilines is 1. The van der Waals surface area contributed by atoms with Gasteiger partial charge in [0.25, 0.3) is 0 Å². The molecule has 0 aliphatic rings. The molecule has 0 aromatic heterocycles. The number of nitrogens with zero attached hydrogens (tertiary/aromatic N) is 1. The van der Waals surface area contributed by atoms with E-state index in [4.69, 9.17) is 5.73 Å². The Bertz CT molecular complexity index is 318. The van der Waals surface area contributed by atoms with E-state index in [-0.39, 0.29) is 0 Å². The summed E-state index contributed by atoms with van der Waals surface area (Å²) in [5.41, 5.74) is 7.93. The van der Waals surface area contributed by atoms with E-state index < -0.39 is 0 Å². The van der Waals surface area contributed by atoms with Crippen LogP contribution in [0.4, 0.5) is 5.69 Å². The van der Waals surface area contributed by atoms with E-state index in [0.717, 1.165) is 24.6 Å². The Kier molecular flexibility index (Phi) is 6.81. The number of benzene rings is 1. The van der Waals surface area contributed by atoms with Crippen molar-refractivity contribution in [3.63, 3.8) is 0 Å². The van der Waals surface area contributed by atoms with Gasteiger partial charge in [0.2, 0.25) is 0 Å². The van der Waals surface area contributed by atoms with Crippen molar-refractivity contribution in [2.45, 2.75) is 40.0 Å². The maximum Gasteiger partial charge on any atom is 0.0314 e. The Labute approximate surface area is 112 Å². The minimum Gasteiger partial charge on any atom is -0.399 e. The molecule has 1 unspecified atom stereocenters. The normalized spacial score (nSPS) is 12.9. The number of nitrogen functional groups attached to an aromatic ring is 1. The fourth-order valence-corrected chi connectivity index (χ4v) is 2.14. The number of hydrogen-bond donors (Lipinski definition) is 1. The van der Waals surface area contributed by atoms with Gasteiger partial charge in [-0.3, -0.25) is 0 Å². The minimum absolute atomic E-state index is 0.807. The Morgan fingerprint density at radius 1 is 1.17 bits per heavy atom. The molecule has 0 bridgehead atoms. The third-order valence-electron chi connectivity index (χ3n) is 3.63. The Balaban J connectivity index is 2.28. The van der Waals surface area contributed by atoms with Crippen LogP contribution in [0.15, 0.2) is 24.3 Å². The molecular formula is C16H28N2. The minimum atomic E-state index is 0.807. The molecule has 0 spiro atoms. The highest BCUT2D eigenvalue weighted by atomic mass is 15.1. The van der Waals surface area contributed by atoms with Crippen LogP contribution in [0.3, 0.4) is 0 Å². The molecule has 1 aromatic carbocycles. The molecule has 1 rings (SSSR count). The average Bonchev–Trinajstić information content (AvgIpc) is 2.39. The number of aryl methyl sites for hydroxylation is 1. The van der Waals surface area contributed by atoms with Crippen molar-refractivity contribution in [1.29, 1.82) is 0 Å². The smallest absolute Gasteiger partial charge is 0.0314 e. The molecule has 0 heterocycles. The number of rotatable bonds is 8. The van der Waals surface area contributed by atoms with Crippen molar-refractivity contribution in [3.05, 3.63) is 29.8 Å². The van der Waals surface area contributed by atoms with Crippen LogP contribution in [-0.4, -0.2) is 24.5 Å². The Morgan fingerprint density at radius 2 is 1.83 bits per heavy atom. The maximum atomic E-state index is 5.69. The molecule has 0 amide bonds. The van der Waals surface area contributed by atoms with Crippen LogP contribution < -0.4 is 5.73 Å². The maximum absolute atomic E-state index is 5.69. The second-order valence-corrected chi connectivity index (χ2v) is 5.25. The number of nitrogens with two attached hydrogens (primary N) is 1. The van der Waals surface area contributed by atoms with Crippen molar-refractivity contribution in [2.24, 2.45) is 5.92 Å². The first-order valence-electron chi connectivity index (χ1n) is 7.22. The highest BCUT2D eigenvalue weighted by Crippen LogP contribution is 2.09. The van der Waals surface area contributed by atoms with Gasteiger partial charge in [-0.25, -0.2) is 0 Å². The lowest BCUT2D eigenvalue weighted by atomic mass is 10.1. The van der Waals surface area contributed by atoms with Crippen LogP contribution in [0, 0.1) is 5.92 Å². The second-order valence-electron chi connectivity index (χ2n) is 5.25. The molecule has 0 radical (unpaired) electrons. The lowest BCUT2D eigenvalue weighted by Gasteiger charge is -2.23. The second kappa shape index (κ2) is 8.15. The highest BCUT2D eigenvalue weighted by molar-refractivity contribution is 5.39. The molecule has 0 saturated carbocycles. The summed E-state index contributed by atoms with van der Waals surface area (Å²) in [5, 5.41) is 0. The van der Waals surface area contributed by atoms with Crippen molar-refractivity contribution < 1.29 is 0 Å². The summed E-state index contributed by atoms with van der Waals surface area (Å²) in [6.45, 7) is 10.5. The van der Waals surface area contributed by atoms with Gasteiger partial charge in [0.1, 0.15) is 0 Å². The standard InChI is InChI=1S/C16H28N2/c1-4-14(3)13-18(5-2)12-6-7-15-8-10-16(17)11-9-15/h8-11,14H,4-7,12-13,17H2,1-3H3. The predicted molar refractivity (Wildman–Crippen MR) is 80.7 cm³/mol. The van der Waals surface area contributed by atoms with E-state index in [0.29, 0.717) is 0 Å². The largest absolute Gasteiger partial charge is 0.399 e. The van der Waals surface area contributed by atoms with Gasteiger partial charge in [-0.15, -0.1) is 0 Å². The molecule has 18 heavy (non-hydrogen) atoms. The first-order chi connectivity index (χ1) is 8.65. The number of hydrogen-bond acceptors (Lipinski definition) is 2. The summed E-state index contributed by atoms with van der Waals surface area (Å²) in [5.74, 6) is 0.807. The summed E-state index contributed by atoms with van der Waals surface area (Å²) >= 11 is 0. The van der Waals surface area contributed by atoms with Gasteiger partial charge in [-0.2, -0.15) is 0 Å². The third kappa shape index (κ3) is 5.54. The van der Waals surface area contributed by atoms with Crippen LogP contribution in [0.5, 0.6) is 0 Å². The SMILES string of the molecule is CCC(C)CN(CC)CCCc1ccc(N)cc1. The van der Waals surface area contributed by atoms with Crippen LogP contribution >= 0.6 is 0 Å². The lowest BCUT2D eigenvalue weighted by Crippen LogP contribution is -2.29. The van der Waals surface area contributed by atoms with E-state index in [1.54, 1.807) is 0 Å². The quantitative estimate of drug-likeness (QED) is 0.713. The van der Waals surface area contributed by atoms with Gasteiger partial charge in [0, 0.05) is 12.2 Å². The van der Waals surface area contributed by atoms with E-state index in [1.807, 2.05) is 12.1 Å². The van der Waals surface area contributed by atoms with Crippen LogP contribution in [0.25, 0.3) is 0 Å². The zero-order chi connectivity index (χ0) is 13.4. The van der Waals surface area contributed by atoms with Gasteiger partial charge >= 0.3 is 0 Å². The monoisotopic (exact) mass is 248 g/mol. The molecule has 102 valence electrons. The van der Waals surface area contributed by atoms with Crippen molar-refractivity contribution in [3.8, 4) is 0 Å². The van der Waals surface area contributed by atoms with E-state index >= 15 is 0 Å². The van der Waals surface area contributed by atoms with Crippen LogP contribution in [0.2, 0.25) is 0 Å². The van der Waals surface area contributed by atoms with Crippen molar-refractivity contribution in [1.82, 2.24) is 4.90 Å². The van der Waals surface area contributed by atoms with E-state index in [1.165, 1.54) is 31.5 Å². The molecule has 2 N–H and O–H groups in total. The van der Waals surface area contributed by atoms with Crippen molar-refractivity contribution >= 4 is 5.69 Å². The van der Waals surface area contributed by atoms with Gasteiger partial charge in [-0.05, 0) is 49.5 Å². The Morgan fingerprint density at radius 3 is 2.39 bits per heavy atom. The van der Waals surface area contributed by atoms with Gasteiger partial charge in [0.15, 0.2) is 0 Å². The van der Waals surface area contributed by atoms with Crippen LogP contribution in [-0.2, 0) is 6.42 Å². The average molecular weight is 248 g/mol. The predicted octanol–water partition coefficient (Wildman–Crippen LogP) is 3.57. The molecule has 0 aliphatic heterocycles. The molecule has 0 fully saturated rings. The van der Waals surface area contributed by atoms with Gasteiger partial charge in [-0.1, -0.05) is 39.3 Å². The summed E-state index contributed by atoms with van der Waals surface area (Å²) < 4.78 is 0. The van der Waals surface area contributed by atoms with Crippen LogP contribution in [0.1, 0.15) is 39.2 Å². The zero-order valence-corrected chi connectivity index (χ0v) is 12.2. The van der Waals surface area contributed by atoms with E-state index in [9.17, 15) is 0 Å². The van der Waals surface area contributed by atoms with Gasteiger partial charge in [0.05, 0.1) is 0 Å². The summed E-state index contributed by atoms with van der Waals surface area (Å²) in [7, 11) is 0. The molecular weight excluding hydrogens is 220 g/mol. The summed E-state index contributed by atoms with van der Waals surface area (Å²) in [4.78, 5) is 2.56. The molecule has 1 atom stereocenters. The highest BCUT2D eigenvalue weighted by Gasteiger charge is 2.06. The fraction of sp³-hybridized carbons (Fsp3) is 0.625. The first-order valence-corrected chi connectivity index (χ1v) is 7.22. The van der Waals surface area contributed by atoms with Crippen molar-refractivity contribution in [2.75, 3.05) is 25.4 Å². The molecule has 0 aliphatic carbocycles.